The molecule has 158 valence electrons. The number of methoxy groups -OCH3 is 3. The van der Waals surface area contributed by atoms with E-state index in [0.29, 0.717) is 39.7 Å². The molecule has 0 aromatic heterocycles. The molecule has 1 heterocycles. The first-order valence-corrected chi connectivity index (χ1v) is 9.48. The number of Topliss-reactive ketones (excluding diaryl/α,β-unsaturated/α-hetero) is 1. The van der Waals surface area contributed by atoms with Crippen LogP contribution in [-0.4, -0.2) is 38.5 Å². The topological polar surface area (TPSA) is 80.3 Å². The third kappa shape index (κ3) is 3.93. The second-order valence-electron chi connectivity index (χ2n) is 6.49. The molecular weight excluding hydrogens is 412 g/mol. The highest BCUT2D eigenvalue weighted by molar-refractivity contribution is 6.29. The van der Waals surface area contributed by atoms with Gasteiger partial charge in [0.2, 0.25) is 5.78 Å². The van der Waals surface area contributed by atoms with Gasteiger partial charge in [-0.3, -0.25) is 9.59 Å². The summed E-state index contributed by atoms with van der Waals surface area (Å²) in [6, 6.07) is 6.45. The number of fused-ring (bicyclic) bond motifs is 1. The van der Waals surface area contributed by atoms with Crippen molar-refractivity contribution in [2.45, 2.75) is 19.2 Å². The summed E-state index contributed by atoms with van der Waals surface area (Å²) in [7, 11) is 4.55. The summed E-state index contributed by atoms with van der Waals surface area (Å²) in [4.78, 5) is 24.7. The van der Waals surface area contributed by atoms with Gasteiger partial charge in [-0.1, -0.05) is 0 Å². The van der Waals surface area contributed by atoms with Crippen molar-refractivity contribution in [2.24, 2.45) is 0 Å². The quantitative estimate of drug-likeness (QED) is 0.293. The van der Waals surface area contributed by atoms with E-state index in [9.17, 15) is 9.59 Å². The maximum Gasteiger partial charge on any atom is 0.329 e. The molecule has 1 unspecified atom stereocenters. The van der Waals surface area contributed by atoms with Crippen LogP contribution in [0.25, 0.3) is 6.08 Å². The predicted octanol–water partition coefficient (Wildman–Crippen LogP) is 4.17. The molecule has 1 atom stereocenters. The highest BCUT2D eigenvalue weighted by Gasteiger charge is 2.31. The molecule has 7 nitrogen and oxygen atoms in total. The molecule has 0 spiro atoms. The Morgan fingerprint density at radius 2 is 1.67 bits per heavy atom. The molecule has 0 N–H and O–H groups in total. The average molecular weight is 433 g/mol. The Kier molecular flexibility index (Phi) is 6.22. The lowest BCUT2D eigenvalue weighted by Crippen LogP contribution is -2.18. The first kappa shape index (κ1) is 21.5. The minimum Gasteiger partial charge on any atom is -0.496 e. The Hall–Kier alpha value is -3.19. The van der Waals surface area contributed by atoms with Crippen molar-refractivity contribution in [1.82, 2.24) is 0 Å². The molecule has 8 heteroatoms. The molecule has 1 aliphatic rings. The fraction of sp³-hybridized carbons (Fsp3) is 0.273. The second kappa shape index (κ2) is 8.67. The molecule has 0 saturated carbocycles. The SMILES string of the molecule is COc1cc(OC)c(OC)cc1/C=C1\Oc2c(ccc(OC(=O)C(C)Cl)c2C)C1=O. The highest BCUT2D eigenvalue weighted by Crippen LogP contribution is 2.41. The summed E-state index contributed by atoms with van der Waals surface area (Å²) in [6.07, 6.45) is 1.56. The molecule has 0 saturated heterocycles. The number of rotatable bonds is 6. The van der Waals surface area contributed by atoms with Gasteiger partial charge in [0.15, 0.2) is 17.3 Å². The van der Waals surface area contributed by atoms with Crippen LogP contribution < -0.4 is 23.7 Å². The van der Waals surface area contributed by atoms with E-state index in [1.165, 1.54) is 28.3 Å². The predicted molar refractivity (Wildman–Crippen MR) is 111 cm³/mol. The van der Waals surface area contributed by atoms with Gasteiger partial charge in [-0.15, -0.1) is 11.6 Å². The van der Waals surface area contributed by atoms with Gasteiger partial charge in [-0.25, -0.2) is 0 Å². The smallest absolute Gasteiger partial charge is 0.329 e. The molecule has 2 aromatic carbocycles. The zero-order chi connectivity index (χ0) is 22.0. The molecule has 0 fully saturated rings. The number of ether oxygens (including phenoxy) is 5. The Labute approximate surface area is 179 Å². The van der Waals surface area contributed by atoms with Gasteiger partial charge in [0.1, 0.15) is 22.6 Å². The Morgan fingerprint density at radius 3 is 2.27 bits per heavy atom. The summed E-state index contributed by atoms with van der Waals surface area (Å²) >= 11 is 5.76. The van der Waals surface area contributed by atoms with Gasteiger partial charge in [0.05, 0.1) is 26.9 Å². The molecule has 30 heavy (non-hydrogen) atoms. The Bertz CT molecular complexity index is 1040. The molecule has 0 amide bonds. The second-order valence-corrected chi connectivity index (χ2v) is 7.15. The Balaban J connectivity index is 1.99. The summed E-state index contributed by atoms with van der Waals surface area (Å²) in [6.45, 7) is 3.22. The van der Waals surface area contributed by atoms with Gasteiger partial charge < -0.3 is 23.7 Å². The fourth-order valence-electron chi connectivity index (χ4n) is 2.97. The van der Waals surface area contributed by atoms with Crippen molar-refractivity contribution in [1.29, 1.82) is 0 Å². The number of hydrogen-bond donors (Lipinski definition) is 0. The zero-order valence-corrected chi connectivity index (χ0v) is 18.0. The lowest BCUT2D eigenvalue weighted by Gasteiger charge is -2.12. The first-order chi connectivity index (χ1) is 14.3. The Morgan fingerprint density at radius 1 is 1.03 bits per heavy atom. The molecule has 1 aliphatic heterocycles. The van der Waals surface area contributed by atoms with E-state index in [1.807, 2.05) is 0 Å². The van der Waals surface area contributed by atoms with Crippen LogP contribution in [0.3, 0.4) is 0 Å². The normalized spacial score (nSPS) is 14.7. The van der Waals surface area contributed by atoms with E-state index in [2.05, 4.69) is 0 Å². The minimum absolute atomic E-state index is 0.104. The number of alkyl halides is 1. The fourth-order valence-corrected chi connectivity index (χ4v) is 3.02. The summed E-state index contributed by atoms with van der Waals surface area (Å²) in [5, 5.41) is -0.798. The monoisotopic (exact) mass is 432 g/mol. The lowest BCUT2D eigenvalue weighted by atomic mass is 10.1. The standard InChI is InChI=1S/C22H21ClO7/c1-11-15(30-22(25)12(2)23)7-6-14-20(24)19(29-21(11)14)9-13-8-17(27-4)18(28-5)10-16(13)26-3/h6-10,12H,1-5H3/b19-9-. The maximum absolute atomic E-state index is 12.9. The van der Waals surface area contributed by atoms with E-state index in [1.54, 1.807) is 37.3 Å². The van der Waals surface area contributed by atoms with Crippen molar-refractivity contribution < 1.29 is 33.3 Å². The molecule has 2 aromatic rings. The number of halogens is 1. The van der Waals surface area contributed by atoms with Crippen LogP contribution >= 0.6 is 11.6 Å². The summed E-state index contributed by atoms with van der Waals surface area (Å²) < 4.78 is 27.1. The van der Waals surface area contributed by atoms with Gasteiger partial charge in [-0.2, -0.15) is 0 Å². The zero-order valence-electron chi connectivity index (χ0n) is 17.2. The van der Waals surface area contributed by atoms with E-state index in [4.69, 9.17) is 35.3 Å². The van der Waals surface area contributed by atoms with Crippen LogP contribution in [-0.2, 0) is 4.79 Å². The largest absolute Gasteiger partial charge is 0.496 e. The van der Waals surface area contributed by atoms with Crippen LogP contribution in [0.1, 0.15) is 28.4 Å². The number of carbonyl (C=O) groups is 2. The van der Waals surface area contributed by atoms with Crippen LogP contribution in [0.4, 0.5) is 0 Å². The van der Waals surface area contributed by atoms with Crippen LogP contribution in [0.15, 0.2) is 30.0 Å². The van der Waals surface area contributed by atoms with E-state index in [0.717, 1.165) is 0 Å². The van der Waals surface area contributed by atoms with Crippen LogP contribution in [0, 0.1) is 6.92 Å². The number of hydrogen-bond acceptors (Lipinski definition) is 7. The molecule has 0 aliphatic carbocycles. The molecule has 0 bridgehead atoms. The number of ketones is 1. The molecular formula is C22H21ClO7. The first-order valence-electron chi connectivity index (χ1n) is 9.04. The van der Waals surface area contributed by atoms with Crippen molar-refractivity contribution >= 4 is 29.4 Å². The molecule has 3 rings (SSSR count). The highest BCUT2D eigenvalue weighted by atomic mass is 35.5. The van der Waals surface area contributed by atoms with Crippen LogP contribution in [0.5, 0.6) is 28.7 Å². The molecule has 0 radical (unpaired) electrons. The number of carbonyl (C=O) groups excluding carboxylic acids is 2. The summed E-state index contributed by atoms with van der Waals surface area (Å²) in [5.74, 6) is 1.29. The van der Waals surface area contributed by atoms with Gasteiger partial charge >= 0.3 is 5.97 Å². The van der Waals surface area contributed by atoms with Gasteiger partial charge in [0, 0.05) is 17.2 Å². The van der Waals surface area contributed by atoms with Crippen molar-refractivity contribution in [3.63, 3.8) is 0 Å². The van der Waals surface area contributed by atoms with E-state index < -0.39 is 11.3 Å². The number of esters is 1. The van der Waals surface area contributed by atoms with Crippen molar-refractivity contribution in [3.05, 3.63) is 46.7 Å². The van der Waals surface area contributed by atoms with Gasteiger partial charge in [-0.05, 0) is 38.1 Å². The van der Waals surface area contributed by atoms with E-state index >= 15 is 0 Å². The number of allylic oxidation sites excluding steroid dienone is 1. The van der Waals surface area contributed by atoms with Gasteiger partial charge in [0.25, 0.3) is 0 Å². The average Bonchev–Trinajstić information content (AvgIpc) is 3.05. The van der Waals surface area contributed by atoms with Crippen molar-refractivity contribution in [2.75, 3.05) is 21.3 Å². The third-order valence-electron chi connectivity index (χ3n) is 4.59. The van der Waals surface area contributed by atoms with Crippen LogP contribution in [0.2, 0.25) is 0 Å². The third-order valence-corrected chi connectivity index (χ3v) is 4.77. The van der Waals surface area contributed by atoms with Crippen molar-refractivity contribution in [3.8, 4) is 28.7 Å². The lowest BCUT2D eigenvalue weighted by molar-refractivity contribution is -0.133. The number of benzene rings is 2. The summed E-state index contributed by atoms with van der Waals surface area (Å²) in [5.41, 5.74) is 1.47. The maximum atomic E-state index is 12.9. The van der Waals surface area contributed by atoms with E-state index in [-0.39, 0.29) is 17.3 Å². The minimum atomic E-state index is -0.798.